The van der Waals surface area contributed by atoms with Crippen LogP contribution >= 0.6 is 22.9 Å². The molecule has 0 aliphatic heterocycles. The number of aryl methyl sites for hydroxylation is 1. The minimum absolute atomic E-state index is 0.211. The Hall–Kier alpha value is -3.88. The second kappa shape index (κ2) is 9.17. The number of rotatable bonds is 6. The number of benzene rings is 2. The Morgan fingerprint density at radius 2 is 1.71 bits per heavy atom. The van der Waals surface area contributed by atoms with E-state index in [4.69, 9.17) is 16.0 Å². The quantitative estimate of drug-likeness (QED) is 0.296. The third kappa shape index (κ3) is 4.46. The number of carbonyl (C=O) groups is 2. The lowest BCUT2D eigenvalue weighted by molar-refractivity contribution is 0.0994. The third-order valence-corrected chi connectivity index (χ3v) is 6.77. The van der Waals surface area contributed by atoms with Crippen LogP contribution in [0.1, 0.15) is 31.5 Å². The number of hydrogen-bond acceptors (Lipinski definition) is 5. The first kappa shape index (κ1) is 21.9. The SMILES string of the molecule is Cc1nn(Cc2ccccc2Cl)c2sc(C(=O)Nc3ccc(NC(=O)c4ccco4)cc3)cc12. The number of fused-ring (bicyclic) bond motifs is 1. The van der Waals surface area contributed by atoms with E-state index >= 15 is 0 Å². The van der Waals surface area contributed by atoms with E-state index in [9.17, 15) is 9.59 Å². The van der Waals surface area contributed by atoms with Crippen molar-refractivity contribution in [3.8, 4) is 0 Å². The van der Waals surface area contributed by atoms with Crippen LogP contribution in [0.5, 0.6) is 0 Å². The third-order valence-electron chi connectivity index (χ3n) is 5.25. The van der Waals surface area contributed by atoms with Crippen LogP contribution < -0.4 is 10.6 Å². The molecule has 5 aromatic rings. The van der Waals surface area contributed by atoms with Crippen LogP contribution in [0.4, 0.5) is 11.4 Å². The van der Waals surface area contributed by atoms with E-state index in [-0.39, 0.29) is 17.6 Å². The number of aromatic nitrogens is 2. The zero-order valence-corrected chi connectivity index (χ0v) is 19.6. The number of anilines is 2. The van der Waals surface area contributed by atoms with Crippen molar-refractivity contribution in [2.75, 3.05) is 10.6 Å². The molecule has 34 heavy (non-hydrogen) atoms. The van der Waals surface area contributed by atoms with Crippen molar-refractivity contribution >= 4 is 56.3 Å². The minimum atomic E-state index is -0.340. The van der Waals surface area contributed by atoms with Crippen molar-refractivity contribution in [3.63, 3.8) is 0 Å². The van der Waals surface area contributed by atoms with E-state index in [0.717, 1.165) is 21.5 Å². The highest BCUT2D eigenvalue weighted by molar-refractivity contribution is 7.20. The summed E-state index contributed by atoms with van der Waals surface area (Å²) in [5, 5.41) is 11.9. The van der Waals surface area contributed by atoms with E-state index in [0.29, 0.717) is 27.8 Å². The maximum atomic E-state index is 12.9. The van der Waals surface area contributed by atoms with Gasteiger partial charge < -0.3 is 15.1 Å². The normalized spacial score (nSPS) is 11.0. The highest BCUT2D eigenvalue weighted by Gasteiger charge is 2.17. The van der Waals surface area contributed by atoms with Gasteiger partial charge in [-0.3, -0.25) is 14.3 Å². The Bertz CT molecular complexity index is 1490. The number of nitrogens with one attached hydrogen (secondary N) is 2. The molecule has 5 rings (SSSR count). The highest BCUT2D eigenvalue weighted by Crippen LogP contribution is 2.30. The first-order valence-corrected chi connectivity index (χ1v) is 11.6. The molecule has 0 bridgehead atoms. The van der Waals surface area contributed by atoms with Crippen LogP contribution in [0, 0.1) is 6.92 Å². The number of furan rings is 1. The average molecular weight is 491 g/mol. The number of nitrogens with zero attached hydrogens (tertiary/aromatic N) is 2. The molecule has 170 valence electrons. The zero-order chi connectivity index (χ0) is 23.7. The molecule has 0 saturated heterocycles. The maximum absolute atomic E-state index is 12.9. The van der Waals surface area contributed by atoms with Crippen molar-refractivity contribution in [2.24, 2.45) is 0 Å². The van der Waals surface area contributed by atoms with E-state index < -0.39 is 0 Å². The van der Waals surface area contributed by atoms with Crippen molar-refractivity contribution in [1.82, 2.24) is 9.78 Å². The number of amides is 2. The summed E-state index contributed by atoms with van der Waals surface area (Å²) in [5.41, 5.74) is 3.03. The molecule has 0 aliphatic rings. The predicted octanol–water partition coefficient (Wildman–Crippen LogP) is 6.21. The molecule has 0 unspecified atom stereocenters. The highest BCUT2D eigenvalue weighted by atomic mass is 35.5. The van der Waals surface area contributed by atoms with Gasteiger partial charge in [-0.2, -0.15) is 5.10 Å². The Morgan fingerprint density at radius 1 is 1.00 bits per heavy atom. The number of thiophene rings is 1. The summed E-state index contributed by atoms with van der Waals surface area (Å²) in [6.07, 6.45) is 1.44. The van der Waals surface area contributed by atoms with Crippen molar-refractivity contribution in [1.29, 1.82) is 0 Å². The summed E-state index contributed by atoms with van der Waals surface area (Å²) in [5.74, 6) is -0.323. The monoisotopic (exact) mass is 490 g/mol. The molecule has 0 saturated carbocycles. The van der Waals surface area contributed by atoms with Gasteiger partial charge in [0.05, 0.1) is 23.4 Å². The zero-order valence-electron chi connectivity index (χ0n) is 18.0. The molecule has 0 aliphatic carbocycles. The number of carbonyl (C=O) groups excluding carboxylic acids is 2. The first-order chi connectivity index (χ1) is 16.5. The van der Waals surface area contributed by atoms with Gasteiger partial charge in [-0.15, -0.1) is 11.3 Å². The lowest BCUT2D eigenvalue weighted by Gasteiger charge is -2.07. The van der Waals surface area contributed by atoms with Crippen molar-refractivity contribution in [3.05, 3.63) is 99.9 Å². The van der Waals surface area contributed by atoms with E-state index in [1.807, 2.05) is 41.9 Å². The molecule has 0 radical (unpaired) electrons. The molecule has 3 aromatic heterocycles. The lowest BCUT2D eigenvalue weighted by atomic mass is 10.2. The van der Waals surface area contributed by atoms with Crippen LogP contribution in [0.3, 0.4) is 0 Å². The Balaban J connectivity index is 1.30. The summed E-state index contributed by atoms with van der Waals surface area (Å²) in [6.45, 7) is 2.45. The summed E-state index contributed by atoms with van der Waals surface area (Å²) in [7, 11) is 0. The molecular formula is C25H19ClN4O3S. The summed E-state index contributed by atoms with van der Waals surface area (Å²) < 4.78 is 6.97. The van der Waals surface area contributed by atoms with E-state index in [2.05, 4.69) is 15.7 Å². The molecule has 2 amide bonds. The molecule has 3 heterocycles. The van der Waals surface area contributed by atoms with Crippen molar-refractivity contribution in [2.45, 2.75) is 13.5 Å². The molecular weight excluding hydrogens is 472 g/mol. The molecule has 7 nitrogen and oxygen atoms in total. The van der Waals surface area contributed by atoms with Gasteiger partial charge in [0.25, 0.3) is 11.8 Å². The number of hydrogen-bond donors (Lipinski definition) is 2. The van der Waals surface area contributed by atoms with Gasteiger partial charge >= 0.3 is 0 Å². The largest absolute Gasteiger partial charge is 0.459 e. The second-order valence-electron chi connectivity index (χ2n) is 7.63. The molecule has 0 atom stereocenters. The minimum Gasteiger partial charge on any atom is -0.459 e. The molecule has 2 aromatic carbocycles. The van der Waals surface area contributed by atoms with Crippen LogP contribution in [0.25, 0.3) is 10.2 Å². The Labute approximate surface area is 204 Å². The van der Waals surface area contributed by atoms with Gasteiger partial charge in [0.1, 0.15) is 4.83 Å². The Morgan fingerprint density at radius 3 is 2.38 bits per heavy atom. The van der Waals surface area contributed by atoms with Crippen LogP contribution in [-0.2, 0) is 6.54 Å². The van der Waals surface area contributed by atoms with Crippen LogP contribution in [0.2, 0.25) is 5.02 Å². The maximum Gasteiger partial charge on any atom is 0.291 e. The van der Waals surface area contributed by atoms with Crippen molar-refractivity contribution < 1.29 is 14.0 Å². The standard InChI is InChI=1S/C25H19ClN4O3S/c1-15-19-13-22(34-25(19)30(29-15)14-16-5-2-3-6-20(16)26)24(32)28-18-10-8-17(9-11-18)27-23(31)21-7-4-12-33-21/h2-13H,14H2,1H3,(H,27,31)(H,28,32). The Kier molecular flexibility index (Phi) is 5.91. The second-order valence-corrected chi connectivity index (χ2v) is 9.06. The summed E-state index contributed by atoms with van der Waals surface area (Å²) >= 11 is 7.70. The van der Waals surface area contributed by atoms with E-state index in [1.165, 1.54) is 17.6 Å². The average Bonchev–Trinajstić information content (AvgIpc) is 3.56. The molecule has 0 spiro atoms. The van der Waals surface area contributed by atoms with Gasteiger partial charge in [0.2, 0.25) is 0 Å². The van der Waals surface area contributed by atoms with E-state index in [1.54, 1.807) is 36.4 Å². The molecule has 2 N–H and O–H groups in total. The first-order valence-electron chi connectivity index (χ1n) is 10.4. The van der Waals surface area contributed by atoms with Gasteiger partial charge in [0, 0.05) is 21.8 Å². The van der Waals surface area contributed by atoms with Gasteiger partial charge in [-0.25, -0.2) is 0 Å². The number of halogens is 1. The molecule has 0 fully saturated rings. The fourth-order valence-electron chi connectivity index (χ4n) is 3.55. The summed E-state index contributed by atoms with van der Waals surface area (Å²) in [4.78, 5) is 26.5. The molecule has 9 heteroatoms. The smallest absolute Gasteiger partial charge is 0.291 e. The van der Waals surface area contributed by atoms with Crippen LogP contribution in [0.15, 0.2) is 77.4 Å². The van der Waals surface area contributed by atoms with Gasteiger partial charge in [-0.05, 0) is 61.0 Å². The van der Waals surface area contributed by atoms with Gasteiger partial charge in [0.15, 0.2) is 5.76 Å². The fraction of sp³-hybridized carbons (Fsp3) is 0.0800. The fourth-order valence-corrected chi connectivity index (χ4v) is 4.80. The van der Waals surface area contributed by atoms with Gasteiger partial charge in [-0.1, -0.05) is 29.8 Å². The predicted molar refractivity (Wildman–Crippen MR) is 134 cm³/mol. The summed E-state index contributed by atoms with van der Waals surface area (Å²) in [6, 6.07) is 19.6. The topological polar surface area (TPSA) is 89.2 Å². The lowest BCUT2D eigenvalue weighted by Crippen LogP contribution is -2.12. The van der Waals surface area contributed by atoms with Crippen LogP contribution in [-0.4, -0.2) is 21.6 Å².